The third-order valence-electron chi connectivity index (χ3n) is 2.45. The van der Waals surface area contributed by atoms with E-state index in [-0.39, 0.29) is 17.2 Å². The van der Waals surface area contributed by atoms with Crippen LogP contribution in [0.1, 0.15) is 37.9 Å². The molecule has 0 aliphatic carbocycles. The molecule has 0 bridgehead atoms. The number of aryl methyl sites for hydroxylation is 1. The van der Waals surface area contributed by atoms with Crippen LogP contribution in [0.15, 0.2) is 18.2 Å². The molecule has 0 saturated heterocycles. The van der Waals surface area contributed by atoms with E-state index in [0.29, 0.717) is 0 Å². The summed E-state index contributed by atoms with van der Waals surface area (Å²) < 4.78 is 0. The van der Waals surface area contributed by atoms with E-state index in [1.54, 1.807) is 6.07 Å². The highest BCUT2D eigenvalue weighted by molar-refractivity contribution is 5.38. The summed E-state index contributed by atoms with van der Waals surface area (Å²) in [7, 11) is 0. The lowest BCUT2D eigenvalue weighted by atomic mass is 9.82. The van der Waals surface area contributed by atoms with Gasteiger partial charge < -0.3 is 10.8 Å². The third-order valence-corrected chi connectivity index (χ3v) is 2.45. The Hall–Kier alpha value is -1.02. The molecule has 0 aliphatic rings. The van der Waals surface area contributed by atoms with Crippen molar-refractivity contribution >= 4 is 0 Å². The van der Waals surface area contributed by atoms with E-state index in [1.807, 2.05) is 19.1 Å². The van der Waals surface area contributed by atoms with Crippen molar-refractivity contribution in [2.75, 3.05) is 0 Å². The predicted octanol–water partition coefficient (Wildman–Crippen LogP) is 2.75. The molecule has 14 heavy (non-hydrogen) atoms. The van der Waals surface area contributed by atoms with Crippen molar-refractivity contribution in [3.8, 4) is 5.75 Å². The Bertz CT molecular complexity index is 326. The lowest BCUT2D eigenvalue weighted by Gasteiger charge is -2.28. The van der Waals surface area contributed by atoms with Gasteiger partial charge in [-0.2, -0.15) is 0 Å². The maximum Gasteiger partial charge on any atom is 0.120 e. The standard InChI is InChI=1S/C12H19NO/c1-8-5-6-10(14)9(7-8)11(13)12(2,3)4/h5-7,11,14H,13H2,1-4H3. The Morgan fingerprint density at radius 2 is 1.86 bits per heavy atom. The molecule has 1 atom stereocenters. The van der Waals surface area contributed by atoms with Gasteiger partial charge in [0.05, 0.1) is 0 Å². The van der Waals surface area contributed by atoms with Crippen molar-refractivity contribution in [2.24, 2.45) is 11.1 Å². The van der Waals surface area contributed by atoms with E-state index in [9.17, 15) is 5.11 Å². The fourth-order valence-electron chi connectivity index (χ4n) is 1.39. The maximum atomic E-state index is 9.69. The van der Waals surface area contributed by atoms with Crippen molar-refractivity contribution in [1.82, 2.24) is 0 Å². The van der Waals surface area contributed by atoms with Crippen molar-refractivity contribution in [3.05, 3.63) is 29.3 Å². The summed E-state index contributed by atoms with van der Waals surface area (Å²) in [5, 5.41) is 9.69. The van der Waals surface area contributed by atoms with Crippen LogP contribution in [0.4, 0.5) is 0 Å². The van der Waals surface area contributed by atoms with E-state index in [0.717, 1.165) is 11.1 Å². The summed E-state index contributed by atoms with van der Waals surface area (Å²) in [6, 6.07) is 5.40. The van der Waals surface area contributed by atoms with Crippen LogP contribution >= 0.6 is 0 Å². The van der Waals surface area contributed by atoms with Crippen molar-refractivity contribution in [3.63, 3.8) is 0 Å². The summed E-state index contributed by atoms with van der Waals surface area (Å²) in [5.41, 5.74) is 8.00. The Balaban J connectivity index is 3.12. The molecule has 2 nitrogen and oxygen atoms in total. The minimum Gasteiger partial charge on any atom is -0.508 e. The molecular formula is C12H19NO. The number of aromatic hydroxyl groups is 1. The van der Waals surface area contributed by atoms with Crippen LogP contribution in [-0.4, -0.2) is 5.11 Å². The zero-order valence-electron chi connectivity index (χ0n) is 9.33. The summed E-state index contributed by atoms with van der Waals surface area (Å²) in [4.78, 5) is 0. The third kappa shape index (κ3) is 2.26. The number of hydrogen-bond acceptors (Lipinski definition) is 2. The molecule has 1 aromatic rings. The molecule has 1 unspecified atom stereocenters. The molecule has 0 amide bonds. The highest BCUT2D eigenvalue weighted by Crippen LogP contribution is 2.35. The van der Waals surface area contributed by atoms with Gasteiger partial charge in [-0.05, 0) is 18.4 Å². The quantitative estimate of drug-likeness (QED) is 0.720. The second-order valence-electron chi connectivity index (χ2n) is 4.91. The molecule has 3 N–H and O–H groups in total. The second kappa shape index (κ2) is 3.62. The fourth-order valence-corrected chi connectivity index (χ4v) is 1.39. The first-order valence-corrected chi connectivity index (χ1v) is 4.87. The van der Waals surface area contributed by atoms with Crippen LogP contribution in [0.3, 0.4) is 0 Å². The summed E-state index contributed by atoms with van der Waals surface area (Å²) >= 11 is 0. The number of rotatable bonds is 1. The zero-order valence-corrected chi connectivity index (χ0v) is 9.33. The predicted molar refractivity (Wildman–Crippen MR) is 59.2 cm³/mol. The Morgan fingerprint density at radius 1 is 1.29 bits per heavy atom. The lowest BCUT2D eigenvalue weighted by molar-refractivity contribution is 0.317. The number of hydrogen-bond donors (Lipinski definition) is 2. The molecule has 0 heterocycles. The van der Waals surface area contributed by atoms with E-state index < -0.39 is 0 Å². The minimum absolute atomic E-state index is 0.0364. The van der Waals surface area contributed by atoms with Gasteiger partial charge in [-0.1, -0.05) is 38.5 Å². The fraction of sp³-hybridized carbons (Fsp3) is 0.500. The second-order valence-corrected chi connectivity index (χ2v) is 4.91. The molecular weight excluding hydrogens is 174 g/mol. The first-order valence-electron chi connectivity index (χ1n) is 4.87. The first kappa shape index (κ1) is 11.1. The summed E-state index contributed by atoms with van der Waals surface area (Å²) in [6.45, 7) is 8.20. The van der Waals surface area contributed by atoms with Crippen LogP contribution in [0.2, 0.25) is 0 Å². The van der Waals surface area contributed by atoms with E-state index >= 15 is 0 Å². The van der Waals surface area contributed by atoms with Gasteiger partial charge in [0.15, 0.2) is 0 Å². The zero-order chi connectivity index (χ0) is 10.9. The topological polar surface area (TPSA) is 46.2 Å². The molecule has 0 fully saturated rings. The molecule has 1 aromatic carbocycles. The van der Waals surface area contributed by atoms with Gasteiger partial charge in [-0.25, -0.2) is 0 Å². The van der Waals surface area contributed by atoms with E-state index in [4.69, 9.17) is 5.73 Å². The minimum atomic E-state index is -0.137. The number of phenols is 1. The molecule has 0 radical (unpaired) electrons. The van der Waals surface area contributed by atoms with Crippen LogP contribution < -0.4 is 5.73 Å². The largest absolute Gasteiger partial charge is 0.508 e. The molecule has 1 rings (SSSR count). The van der Waals surface area contributed by atoms with Gasteiger partial charge in [-0.3, -0.25) is 0 Å². The Kier molecular flexibility index (Phi) is 2.86. The van der Waals surface area contributed by atoms with Crippen LogP contribution in [0.25, 0.3) is 0 Å². The highest BCUT2D eigenvalue weighted by atomic mass is 16.3. The lowest BCUT2D eigenvalue weighted by Crippen LogP contribution is -2.26. The number of benzene rings is 1. The van der Waals surface area contributed by atoms with Gasteiger partial charge in [0.25, 0.3) is 0 Å². The normalized spacial score (nSPS) is 14.1. The van der Waals surface area contributed by atoms with Gasteiger partial charge >= 0.3 is 0 Å². The van der Waals surface area contributed by atoms with Crippen molar-refractivity contribution < 1.29 is 5.11 Å². The highest BCUT2D eigenvalue weighted by Gasteiger charge is 2.24. The molecule has 0 spiro atoms. The van der Waals surface area contributed by atoms with Gasteiger partial charge in [0.1, 0.15) is 5.75 Å². The number of phenolic OH excluding ortho intramolecular Hbond substituents is 1. The number of nitrogens with two attached hydrogens (primary N) is 1. The summed E-state index contributed by atoms with van der Waals surface area (Å²) in [6.07, 6.45) is 0. The average molecular weight is 193 g/mol. The Labute approximate surface area is 85.8 Å². The van der Waals surface area contributed by atoms with Crippen LogP contribution in [0.5, 0.6) is 5.75 Å². The smallest absolute Gasteiger partial charge is 0.120 e. The first-order chi connectivity index (χ1) is 6.32. The molecule has 2 heteroatoms. The van der Waals surface area contributed by atoms with Crippen LogP contribution in [0, 0.1) is 12.3 Å². The maximum absolute atomic E-state index is 9.69. The van der Waals surface area contributed by atoms with Gasteiger partial charge in [-0.15, -0.1) is 0 Å². The van der Waals surface area contributed by atoms with Crippen molar-refractivity contribution in [2.45, 2.75) is 33.7 Å². The molecule has 0 saturated carbocycles. The molecule has 0 aromatic heterocycles. The van der Waals surface area contributed by atoms with Crippen LogP contribution in [-0.2, 0) is 0 Å². The SMILES string of the molecule is Cc1ccc(O)c(C(N)C(C)(C)C)c1. The average Bonchev–Trinajstić information content (AvgIpc) is 2.06. The summed E-state index contributed by atoms with van der Waals surface area (Å²) in [5.74, 6) is 0.290. The van der Waals surface area contributed by atoms with Gasteiger partial charge in [0.2, 0.25) is 0 Å². The monoisotopic (exact) mass is 193 g/mol. The van der Waals surface area contributed by atoms with E-state index in [2.05, 4.69) is 20.8 Å². The Morgan fingerprint density at radius 3 is 2.36 bits per heavy atom. The van der Waals surface area contributed by atoms with Crippen molar-refractivity contribution in [1.29, 1.82) is 0 Å². The van der Waals surface area contributed by atoms with E-state index in [1.165, 1.54) is 0 Å². The van der Waals surface area contributed by atoms with Gasteiger partial charge in [0, 0.05) is 11.6 Å². The molecule has 0 aliphatic heterocycles. The molecule has 78 valence electrons.